The van der Waals surface area contributed by atoms with Gasteiger partial charge in [0.1, 0.15) is 0 Å². The summed E-state index contributed by atoms with van der Waals surface area (Å²) < 4.78 is 25.6. The minimum atomic E-state index is -3.50. The summed E-state index contributed by atoms with van der Waals surface area (Å²) in [5.74, 6) is -0.236. The number of anilines is 1. The van der Waals surface area contributed by atoms with Crippen molar-refractivity contribution in [2.24, 2.45) is 0 Å². The lowest BCUT2D eigenvalue weighted by Crippen LogP contribution is -2.38. The van der Waals surface area contributed by atoms with Crippen LogP contribution in [0.25, 0.3) is 0 Å². The largest absolute Gasteiger partial charge is 0.350 e. The molecule has 2 aromatic carbocycles. The molecule has 2 rings (SSSR count). The van der Waals surface area contributed by atoms with E-state index in [1.807, 2.05) is 19.1 Å². The van der Waals surface area contributed by atoms with E-state index >= 15 is 0 Å². The third kappa shape index (κ3) is 4.96. The average molecular weight is 381 g/mol. The van der Waals surface area contributed by atoms with Crippen molar-refractivity contribution in [1.82, 2.24) is 5.32 Å². The monoisotopic (exact) mass is 380 g/mol. The first-order chi connectivity index (χ1) is 11.7. The highest BCUT2D eigenvalue weighted by Crippen LogP contribution is 2.27. The molecule has 0 bridgehead atoms. The SMILES string of the molecule is Cc1cccc(C(=O)NCCN(c2cccc(Cl)c2C)S(C)(=O)=O)c1. The summed E-state index contributed by atoms with van der Waals surface area (Å²) in [7, 11) is -3.50. The lowest BCUT2D eigenvalue weighted by molar-refractivity contribution is 0.0954. The number of benzene rings is 2. The van der Waals surface area contributed by atoms with Crippen LogP contribution in [0.2, 0.25) is 5.02 Å². The van der Waals surface area contributed by atoms with Gasteiger partial charge in [-0.2, -0.15) is 0 Å². The number of nitrogens with zero attached hydrogens (tertiary/aromatic N) is 1. The molecule has 0 spiro atoms. The number of nitrogens with one attached hydrogen (secondary N) is 1. The highest BCUT2D eigenvalue weighted by atomic mass is 35.5. The molecule has 134 valence electrons. The van der Waals surface area contributed by atoms with Gasteiger partial charge in [0.2, 0.25) is 10.0 Å². The van der Waals surface area contributed by atoms with E-state index in [0.717, 1.165) is 11.8 Å². The second-order valence-corrected chi connectivity index (χ2v) is 8.16. The third-order valence-corrected chi connectivity index (χ3v) is 5.38. The lowest BCUT2D eigenvalue weighted by Gasteiger charge is -2.24. The van der Waals surface area contributed by atoms with Crippen LogP contribution in [0.5, 0.6) is 0 Å². The van der Waals surface area contributed by atoms with Gasteiger partial charge in [-0.25, -0.2) is 8.42 Å². The Morgan fingerprint density at radius 1 is 1.16 bits per heavy atom. The van der Waals surface area contributed by atoms with Crippen molar-refractivity contribution >= 4 is 33.2 Å². The molecule has 0 aromatic heterocycles. The molecule has 1 N–H and O–H groups in total. The zero-order chi connectivity index (χ0) is 18.6. The van der Waals surface area contributed by atoms with Crippen molar-refractivity contribution in [3.05, 3.63) is 64.2 Å². The molecule has 5 nitrogen and oxygen atoms in total. The molecule has 1 amide bonds. The predicted molar refractivity (Wildman–Crippen MR) is 102 cm³/mol. The van der Waals surface area contributed by atoms with Crippen molar-refractivity contribution in [3.63, 3.8) is 0 Å². The van der Waals surface area contributed by atoms with Gasteiger partial charge in [0, 0.05) is 17.1 Å². The van der Waals surface area contributed by atoms with Crippen LogP contribution in [0.4, 0.5) is 5.69 Å². The van der Waals surface area contributed by atoms with Crippen LogP contribution < -0.4 is 9.62 Å². The van der Waals surface area contributed by atoms with Gasteiger partial charge in [-0.05, 0) is 43.7 Å². The van der Waals surface area contributed by atoms with Crippen molar-refractivity contribution in [2.45, 2.75) is 13.8 Å². The average Bonchev–Trinajstić information content (AvgIpc) is 2.53. The summed E-state index contributed by atoms with van der Waals surface area (Å²) >= 11 is 6.10. The zero-order valence-corrected chi connectivity index (χ0v) is 16.0. The van der Waals surface area contributed by atoms with E-state index in [1.54, 1.807) is 37.3 Å². The molecule has 25 heavy (non-hydrogen) atoms. The fraction of sp³-hybridized carbons (Fsp3) is 0.278. The summed E-state index contributed by atoms with van der Waals surface area (Å²) in [6, 6.07) is 12.3. The van der Waals surface area contributed by atoms with Crippen LogP contribution in [0.1, 0.15) is 21.5 Å². The summed E-state index contributed by atoms with van der Waals surface area (Å²) in [6.45, 7) is 3.98. The summed E-state index contributed by atoms with van der Waals surface area (Å²) in [5.41, 5.74) is 2.73. The molecule has 7 heteroatoms. The topological polar surface area (TPSA) is 66.5 Å². The molecule has 0 fully saturated rings. The highest BCUT2D eigenvalue weighted by Gasteiger charge is 2.20. The van der Waals surface area contributed by atoms with Gasteiger partial charge < -0.3 is 5.32 Å². The van der Waals surface area contributed by atoms with E-state index in [4.69, 9.17) is 11.6 Å². The number of amides is 1. The Kier molecular flexibility index (Phi) is 6.08. The van der Waals surface area contributed by atoms with Gasteiger partial charge in [-0.15, -0.1) is 0 Å². The van der Waals surface area contributed by atoms with Gasteiger partial charge >= 0.3 is 0 Å². The number of carbonyl (C=O) groups excluding carboxylic acids is 1. The van der Waals surface area contributed by atoms with Crippen molar-refractivity contribution < 1.29 is 13.2 Å². The standard InChI is InChI=1S/C18H21ClN2O3S/c1-13-6-4-7-15(12-13)18(22)20-10-11-21(25(3,23)24)17-9-5-8-16(19)14(17)2/h4-9,12H,10-11H2,1-3H3,(H,20,22). The number of hydrogen-bond donors (Lipinski definition) is 1. The quantitative estimate of drug-likeness (QED) is 0.837. The van der Waals surface area contributed by atoms with Crippen molar-refractivity contribution in [1.29, 1.82) is 0 Å². The van der Waals surface area contributed by atoms with Crippen LogP contribution in [0.3, 0.4) is 0 Å². The minimum Gasteiger partial charge on any atom is -0.350 e. The minimum absolute atomic E-state index is 0.123. The van der Waals surface area contributed by atoms with Crippen LogP contribution >= 0.6 is 11.6 Å². The summed E-state index contributed by atoms with van der Waals surface area (Å²) in [6.07, 6.45) is 1.13. The zero-order valence-electron chi connectivity index (χ0n) is 14.4. The Morgan fingerprint density at radius 3 is 2.48 bits per heavy atom. The highest BCUT2D eigenvalue weighted by molar-refractivity contribution is 7.92. The molecular weight excluding hydrogens is 360 g/mol. The van der Waals surface area contributed by atoms with E-state index in [1.165, 1.54) is 4.31 Å². The number of carbonyl (C=O) groups is 1. The molecule has 0 heterocycles. The van der Waals surface area contributed by atoms with Crippen LogP contribution in [-0.2, 0) is 10.0 Å². The van der Waals surface area contributed by atoms with E-state index in [9.17, 15) is 13.2 Å². The molecule has 0 radical (unpaired) electrons. The second-order valence-electron chi connectivity index (χ2n) is 5.84. The molecule has 0 aliphatic carbocycles. The molecule has 0 atom stereocenters. The first-order valence-electron chi connectivity index (χ1n) is 7.78. The Labute approximate surface area is 153 Å². The van der Waals surface area contributed by atoms with Gasteiger partial charge in [0.15, 0.2) is 0 Å². The Balaban J connectivity index is 2.12. The first-order valence-corrected chi connectivity index (χ1v) is 10.0. The molecule has 0 unspecified atom stereocenters. The smallest absolute Gasteiger partial charge is 0.251 e. The number of halogens is 1. The molecule has 0 aliphatic rings. The van der Waals surface area contributed by atoms with E-state index in [0.29, 0.717) is 21.8 Å². The van der Waals surface area contributed by atoms with E-state index in [-0.39, 0.29) is 19.0 Å². The van der Waals surface area contributed by atoms with Crippen LogP contribution in [-0.4, -0.2) is 33.7 Å². The number of aryl methyl sites for hydroxylation is 1. The molecule has 0 aliphatic heterocycles. The Bertz CT molecular complexity index is 882. The van der Waals surface area contributed by atoms with Crippen LogP contribution in [0, 0.1) is 13.8 Å². The predicted octanol–water partition coefficient (Wildman–Crippen LogP) is 3.15. The first kappa shape index (κ1) is 19.3. The van der Waals surface area contributed by atoms with Crippen molar-refractivity contribution in [2.75, 3.05) is 23.7 Å². The fourth-order valence-electron chi connectivity index (χ4n) is 2.49. The summed E-state index contributed by atoms with van der Waals surface area (Å²) in [4.78, 5) is 12.2. The molecule has 0 saturated carbocycles. The van der Waals surface area contributed by atoms with Crippen LogP contribution in [0.15, 0.2) is 42.5 Å². The number of hydrogen-bond acceptors (Lipinski definition) is 3. The Hall–Kier alpha value is -2.05. The summed E-state index contributed by atoms with van der Waals surface area (Å²) in [5, 5.41) is 3.25. The molecular formula is C18H21ClN2O3S. The molecule has 2 aromatic rings. The van der Waals surface area contributed by atoms with Crippen molar-refractivity contribution in [3.8, 4) is 0 Å². The number of sulfonamides is 1. The second kappa shape index (κ2) is 7.89. The van der Waals surface area contributed by atoms with Gasteiger partial charge in [-0.3, -0.25) is 9.10 Å². The normalized spacial score (nSPS) is 11.2. The number of rotatable bonds is 6. The van der Waals surface area contributed by atoms with E-state index < -0.39 is 10.0 Å². The van der Waals surface area contributed by atoms with E-state index in [2.05, 4.69) is 5.32 Å². The maximum Gasteiger partial charge on any atom is 0.251 e. The lowest BCUT2D eigenvalue weighted by atomic mass is 10.1. The Morgan fingerprint density at radius 2 is 1.84 bits per heavy atom. The fourth-order valence-corrected chi connectivity index (χ4v) is 3.64. The maximum atomic E-state index is 12.2. The van der Waals surface area contributed by atoms with Gasteiger partial charge in [0.25, 0.3) is 5.91 Å². The van der Waals surface area contributed by atoms with Gasteiger partial charge in [-0.1, -0.05) is 35.4 Å². The third-order valence-electron chi connectivity index (χ3n) is 3.79. The maximum absolute atomic E-state index is 12.2. The van der Waals surface area contributed by atoms with Gasteiger partial charge in [0.05, 0.1) is 18.5 Å². The molecule has 0 saturated heterocycles.